The van der Waals surface area contributed by atoms with Crippen LogP contribution in [-0.4, -0.2) is 18.0 Å². The largest absolute Gasteiger partial charge is 0.353 e. The number of hydrogen-bond donors (Lipinski definition) is 2. The van der Waals surface area contributed by atoms with E-state index in [0.717, 1.165) is 19.3 Å². The Morgan fingerprint density at radius 1 is 1.26 bits per heavy atom. The van der Waals surface area contributed by atoms with Crippen LogP contribution in [-0.2, 0) is 4.79 Å². The van der Waals surface area contributed by atoms with E-state index in [4.69, 9.17) is 5.73 Å². The summed E-state index contributed by atoms with van der Waals surface area (Å²) in [6, 6.07) is 0.754. The number of nitrogens with one attached hydrogen (secondary N) is 1. The van der Waals surface area contributed by atoms with Gasteiger partial charge in [-0.25, -0.2) is 0 Å². The summed E-state index contributed by atoms with van der Waals surface area (Å²) in [6.45, 7) is 4.54. The highest BCUT2D eigenvalue weighted by Gasteiger charge is 2.35. The minimum atomic E-state index is 0.249. The lowest BCUT2D eigenvalue weighted by Gasteiger charge is -2.29. The van der Waals surface area contributed by atoms with Gasteiger partial charge in [0.1, 0.15) is 0 Å². The van der Waals surface area contributed by atoms with Crippen molar-refractivity contribution in [2.75, 3.05) is 0 Å². The van der Waals surface area contributed by atoms with Gasteiger partial charge in [0.15, 0.2) is 0 Å². The van der Waals surface area contributed by atoms with Crippen LogP contribution in [0.4, 0.5) is 0 Å². The van der Waals surface area contributed by atoms with Gasteiger partial charge in [-0.2, -0.15) is 0 Å². The first-order chi connectivity index (χ1) is 8.97. The first-order valence-electron chi connectivity index (χ1n) is 8.02. The van der Waals surface area contributed by atoms with E-state index in [-0.39, 0.29) is 11.3 Å². The van der Waals surface area contributed by atoms with E-state index >= 15 is 0 Å². The normalized spacial score (nSPS) is 34.2. The maximum atomic E-state index is 12.1. The smallest absolute Gasteiger partial charge is 0.220 e. The number of nitrogens with two attached hydrogens (primary N) is 1. The van der Waals surface area contributed by atoms with Crippen LogP contribution in [0.5, 0.6) is 0 Å². The van der Waals surface area contributed by atoms with Gasteiger partial charge in [-0.3, -0.25) is 4.79 Å². The summed E-state index contributed by atoms with van der Waals surface area (Å²) in [6.07, 6.45) is 10.1. The van der Waals surface area contributed by atoms with Crippen molar-refractivity contribution >= 4 is 5.91 Å². The standard InChI is InChI=1S/C16H30N2O/c1-16(2)10-4-7-14(16)18-15(19)9-8-12-5-3-6-13(17)11-12/h12-14H,3-11,17H2,1-2H3,(H,18,19). The van der Waals surface area contributed by atoms with Gasteiger partial charge in [0.2, 0.25) is 5.91 Å². The summed E-state index contributed by atoms with van der Waals surface area (Å²) in [5.74, 6) is 0.921. The van der Waals surface area contributed by atoms with Gasteiger partial charge in [0, 0.05) is 18.5 Å². The lowest BCUT2D eigenvalue weighted by Crippen LogP contribution is -2.41. The molecule has 2 saturated carbocycles. The Morgan fingerprint density at radius 2 is 2.05 bits per heavy atom. The van der Waals surface area contributed by atoms with Crippen molar-refractivity contribution in [1.82, 2.24) is 5.32 Å². The summed E-state index contributed by atoms with van der Waals surface area (Å²) < 4.78 is 0. The first kappa shape index (κ1) is 14.8. The van der Waals surface area contributed by atoms with Gasteiger partial charge in [-0.15, -0.1) is 0 Å². The quantitative estimate of drug-likeness (QED) is 0.822. The molecule has 0 radical (unpaired) electrons. The zero-order chi connectivity index (χ0) is 13.9. The van der Waals surface area contributed by atoms with Crippen molar-refractivity contribution < 1.29 is 4.79 Å². The molecule has 3 heteroatoms. The van der Waals surface area contributed by atoms with Gasteiger partial charge in [0.05, 0.1) is 0 Å². The van der Waals surface area contributed by atoms with Gasteiger partial charge in [0.25, 0.3) is 0 Å². The summed E-state index contributed by atoms with van der Waals surface area (Å²) in [5, 5.41) is 3.25. The summed E-state index contributed by atoms with van der Waals surface area (Å²) >= 11 is 0. The molecule has 3 unspecified atom stereocenters. The van der Waals surface area contributed by atoms with Crippen molar-refractivity contribution in [2.24, 2.45) is 17.1 Å². The monoisotopic (exact) mass is 266 g/mol. The van der Waals surface area contributed by atoms with Crippen molar-refractivity contribution in [3.05, 3.63) is 0 Å². The highest BCUT2D eigenvalue weighted by atomic mass is 16.1. The minimum Gasteiger partial charge on any atom is -0.353 e. The lowest BCUT2D eigenvalue weighted by molar-refractivity contribution is -0.122. The Bertz CT molecular complexity index is 314. The van der Waals surface area contributed by atoms with Crippen molar-refractivity contribution in [3.8, 4) is 0 Å². The Kier molecular flexibility index (Phi) is 4.88. The molecule has 19 heavy (non-hydrogen) atoms. The Labute approximate surface area is 117 Å². The molecule has 2 aliphatic carbocycles. The summed E-state index contributed by atoms with van der Waals surface area (Å²) in [7, 11) is 0. The summed E-state index contributed by atoms with van der Waals surface area (Å²) in [4.78, 5) is 12.1. The number of hydrogen-bond acceptors (Lipinski definition) is 2. The molecular weight excluding hydrogens is 236 g/mol. The maximum Gasteiger partial charge on any atom is 0.220 e. The molecule has 0 bridgehead atoms. The SMILES string of the molecule is CC1(C)CCCC1NC(=O)CCC1CCCC(N)C1. The molecule has 3 N–H and O–H groups in total. The zero-order valence-corrected chi connectivity index (χ0v) is 12.6. The minimum absolute atomic E-state index is 0.249. The Balaban J connectivity index is 1.70. The molecule has 0 spiro atoms. The van der Waals surface area contributed by atoms with E-state index in [9.17, 15) is 4.79 Å². The second kappa shape index (κ2) is 6.25. The van der Waals surface area contributed by atoms with Gasteiger partial charge >= 0.3 is 0 Å². The fourth-order valence-electron chi connectivity index (χ4n) is 3.79. The zero-order valence-electron chi connectivity index (χ0n) is 12.6. The van der Waals surface area contributed by atoms with E-state index in [2.05, 4.69) is 19.2 Å². The molecule has 3 atom stereocenters. The fraction of sp³-hybridized carbons (Fsp3) is 0.938. The Morgan fingerprint density at radius 3 is 2.68 bits per heavy atom. The molecule has 0 aliphatic heterocycles. The van der Waals surface area contributed by atoms with E-state index in [1.807, 2.05) is 0 Å². The van der Waals surface area contributed by atoms with E-state index in [1.165, 1.54) is 32.1 Å². The van der Waals surface area contributed by atoms with Crippen LogP contribution in [0.3, 0.4) is 0 Å². The highest BCUT2D eigenvalue weighted by Crippen LogP contribution is 2.37. The van der Waals surface area contributed by atoms with E-state index in [1.54, 1.807) is 0 Å². The average molecular weight is 266 g/mol. The van der Waals surface area contributed by atoms with Crippen LogP contribution in [0.15, 0.2) is 0 Å². The predicted molar refractivity (Wildman–Crippen MR) is 78.7 cm³/mol. The first-order valence-corrected chi connectivity index (χ1v) is 8.02. The van der Waals surface area contributed by atoms with Gasteiger partial charge in [-0.1, -0.05) is 33.1 Å². The molecular formula is C16H30N2O. The molecule has 0 aromatic rings. The second-order valence-corrected chi connectivity index (χ2v) is 7.33. The molecule has 2 fully saturated rings. The molecule has 2 rings (SSSR count). The number of rotatable bonds is 4. The van der Waals surface area contributed by atoms with Crippen LogP contribution < -0.4 is 11.1 Å². The van der Waals surface area contributed by atoms with Crippen LogP contribution in [0, 0.1) is 11.3 Å². The lowest BCUT2D eigenvalue weighted by atomic mass is 9.83. The molecule has 1 amide bonds. The summed E-state index contributed by atoms with van der Waals surface area (Å²) in [5.41, 5.74) is 6.28. The van der Waals surface area contributed by atoms with Crippen molar-refractivity contribution in [3.63, 3.8) is 0 Å². The van der Waals surface area contributed by atoms with Crippen LogP contribution in [0.1, 0.15) is 71.6 Å². The predicted octanol–water partition coefficient (Wildman–Crippen LogP) is 2.98. The number of carbonyl (C=O) groups excluding carboxylic acids is 1. The molecule has 0 aromatic heterocycles. The molecule has 0 heterocycles. The van der Waals surface area contributed by atoms with Gasteiger partial charge < -0.3 is 11.1 Å². The fourth-order valence-corrected chi connectivity index (χ4v) is 3.79. The van der Waals surface area contributed by atoms with Crippen LogP contribution in [0.2, 0.25) is 0 Å². The third kappa shape index (κ3) is 4.20. The molecule has 0 saturated heterocycles. The van der Waals surface area contributed by atoms with E-state index in [0.29, 0.717) is 24.4 Å². The van der Waals surface area contributed by atoms with E-state index < -0.39 is 0 Å². The Hall–Kier alpha value is -0.570. The molecule has 2 aliphatic rings. The number of carbonyl (C=O) groups is 1. The molecule has 110 valence electrons. The maximum absolute atomic E-state index is 12.1. The highest BCUT2D eigenvalue weighted by molar-refractivity contribution is 5.76. The topological polar surface area (TPSA) is 55.1 Å². The third-order valence-electron chi connectivity index (χ3n) is 5.20. The van der Waals surface area contributed by atoms with Crippen LogP contribution in [0.25, 0.3) is 0 Å². The number of amides is 1. The van der Waals surface area contributed by atoms with Crippen LogP contribution >= 0.6 is 0 Å². The second-order valence-electron chi connectivity index (χ2n) is 7.33. The van der Waals surface area contributed by atoms with Gasteiger partial charge in [-0.05, 0) is 43.4 Å². The molecule has 0 aromatic carbocycles. The van der Waals surface area contributed by atoms with Crippen molar-refractivity contribution in [1.29, 1.82) is 0 Å². The molecule has 3 nitrogen and oxygen atoms in total. The third-order valence-corrected chi connectivity index (χ3v) is 5.20. The van der Waals surface area contributed by atoms with Crippen molar-refractivity contribution in [2.45, 2.75) is 83.7 Å². The average Bonchev–Trinajstić information content (AvgIpc) is 2.66.